The Balaban J connectivity index is 2.89. The van der Waals surface area contributed by atoms with Gasteiger partial charge in [-0.1, -0.05) is 55.0 Å². The summed E-state index contributed by atoms with van der Waals surface area (Å²) in [7, 11) is 3.82. The van der Waals surface area contributed by atoms with E-state index in [1.54, 1.807) is 7.11 Å². The first-order valence-corrected chi connectivity index (χ1v) is 8.86. The lowest BCUT2D eigenvalue weighted by Crippen LogP contribution is -2.19. The standard InChI is InChI=1S/C18H30BrNO/c1-6-7-8-9-10-11-16(20-4)17-14(3)15(19)12-13(2)18(17)21-5/h12,16,20H,6-11H2,1-5H3. The molecule has 1 atom stereocenters. The van der Waals surface area contributed by atoms with Crippen molar-refractivity contribution < 1.29 is 4.74 Å². The maximum atomic E-state index is 5.68. The summed E-state index contributed by atoms with van der Waals surface area (Å²) in [6.07, 6.45) is 7.74. The molecular weight excluding hydrogens is 326 g/mol. The van der Waals surface area contributed by atoms with Gasteiger partial charge in [-0.3, -0.25) is 0 Å². The second kappa shape index (κ2) is 9.47. The van der Waals surface area contributed by atoms with Gasteiger partial charge in [-0.25, -0.2) is 0 Å². The number of halogens is 1. The minimum absolute atomic E-state index is 0.359. The molecule has 0 fully saturated rings. The molecule has 0 aromatic heterocycles. The predicted octanol–water partition coefficient (Wildman–Crippen LogP) is 5.70. The Morgan fingerprint density at radius 1 is 1.19 bits per heavy atom. The molecule has 1 rings (SSSR count). The number of benzene rings is 1. The van der Waals surface area contributed by atoms with Gasteiger partial charge < -0.3 is 10.1 Å². The van der Waals surface area contributed by atoms with Gasteiger partial charge in [-0.2, -0.15) is 0 Å². The summed E-state index contributed by atoms with van der Waals surface area (Å²) >= 11 is 3.68. The van der Waals surface area contributed by atoms with Crippen LogP contribution in [0.3, 0.4) is 0 Å². The summed E-state index contributed by atoms with van der Waals surface area (Å²) in [5, 5.41) is 3.48. The van der Waals surface area contributed by atoms with E-state index < -0.39 is 0 Å². The van der Waals surface area contributed by atoms with Gasteiger partial charge in [0, 0.05) is 16.1 Å². The third kappa shape index (κ3) is 5.00. The molecular formula is C18H30BrNO. The van der Waals surface area contributed by atoms with Crippen molar-refractivity contribution in [3.05, 3.63) is 27.2 Å². The van der Waals surface area contributed by atoms with Gasteiger partial charge in [-0.15, -0.1) is 0 Å². The van der Waals surface area contributed by atoms with E-state index in [4.69, 9.17) is 4.74 Å². The van der Waals surface area contributed by atoms with Crippen LogP contribution in [0.1, 0.15) is 68.2 Å². The molecule has 0 heterocycles. The van der Waals surface area contributed by atoms with Crippen LogP contribution in [0.2, 0.25) is 0 Å². The maximum absolute atomic E-state index is 5.68. The molecule has 21 heavy (non-hydrogen) atoms. The molecule has 1 N–H and O–H groups in total. The van der Waals surface area contributed by atoms with Crippen molar-refractivity contribution in [2.24, 2.45) is 0 Å². The monoisotopic (exact) mass is 355 g/mol. The zero-order valence-electron chi connectivity index (χ0n) is 14.2. The highest BCUT2D eigenvalue weighted by atomic mass is 79.9. The van der Waals surface area contributed by atoms with Crippen molar-refractivity contribution in [3.63, 3.8) is 0 Å². The van der Waals surface area contributed by atoms with E-state index in [0.717, 1.165) is 12.2 Å². The van der Waals surface area contributed by atoms with Gasteiger partial charge in [0.2, 0.25) is 0 Å². The Labute approximate surface area is 138 Å². The van der Waals surface area contributed by atoms with E-state index in [2.05, 4.69) is 48.1 Å². The molecule has 0 saturated carbocycles. The lowest BCUT2D eigenvalue weighted by atomic mass is 9.93. The third-order valence-corrected chi connectivity index (χ3v) is 5.03. The van der Waals surface area contributed by atoms with Crippen LogP contribution in [-0.2, 0) is 0 Å². The zero-order chi connectivity index (χ0) is 15.8. The predicted molar refractivity (Wildman–Crippen MR) is 95.3 cm³/mol. The van der Waals surface area contributed by atoms with Crippen LogP contribution in [0.4, 0.5) is 0 Å². The number of hydrogen-bond donors (Lipinski definition) is 1. The molecule has 0 aliphatic heterocycles. The molecule has 0 bridgehead atoms. The highest BCUT2D eigenvalue weighted by molar-refractivity contribution is 9.10. The molecule has 3 heteroatoms. The van der Waals surface area contributed by atoms with Gasteiger partial charge in [0.05, 0.1) is 7.11 Å². The molecule has 0 spiro atoms. The molecule has 1 unspecified atom stereocenters. The Morgan fingerprint density at radius 2 is 1.86 bits per heavy atom. The summed E-state index contributed by atoms with van der Waals surface area (Å²) in [6.45, 7) is 6.54. The summed E-state index contributed by atoms with van der Waals surface area (Å²) in [5.41, 5.74) is 3.78. The van der Waals surface area contributed by atoms with Crippen LogP contribution < -0.4 is 10.1 Å². The zero-order valence-corrected chi connectivity index (χ0v) is 15.8. The van der Waals surface area contributed by atoms with Crippen LogP contribution >= 0.6 is 15.9 Å². The fourth-order valence-corrected chi connectivity index (χ4v) is 3.51. The summed E-state index contributed by atoms with van der Waals surface area (Å²) < 4.78 is 6.85. The molecule has 0 saturated heterocycles. The SMILES string of the molecule is CCCCCCCC(NC)c1c(C)c(Br)cc(C)c1OC. The summed E-state index contributed by atoms with van der Waals surface area (Å²) in [4.78, 5) is 0. The average Bonchev–Trinajstić information content (AvgIpc) is 2.47. The topological polar surface area (TPSA) is 21.3 Å². The van der Waals surface area contributed by atoms with Gasteiger partial charge in [0.15, 0.2) is 0 Å². The number of hydrogen-bond acceptors (Lipinski definition) is 2. The number of nitrogens with one attached hydrogen (secondary N) is 1. The van der Waals surface area contributed by atoms with Crippen molar-refractivity contribution in [3.8, 4) is 5.75 Å². The van der Waals surface area contributed by atoms with E-state index in [1.165, 1.54) is 53.3 Å². The Hall–Kier alpha value is -0.540. The lowest BCUT2D eigenvalue weighted by Gasteiger charge is -2.24. The van der Waals surface area contributed by atoms with Gasteiger partial charge in [-0.05, 0) is 44.5 Å². The van der Waals surface area contributed by atoms with E-state index >= 15 is 0 Å². The molecule has 0 radical (unpaired) electrons. The highest BCUT2D eigenvalue weighted by Gasteiger charge is 2.20. The number of unbranched alkanes of at least 4 members (excludes halogenated alkanes) is 4. The van der Waals surface area contributed by atoms with Gasteiger partial charge in [0.1, 0.15) is 5.75 Å². The quantitative estimate of drug-likeness (QED) is 0.574. The summed E-state index contributed by atoms with van der Waals surface area (Å²) in [5.74, 6) is 1.03. The van der Waals surface area contributed by atoms with Crippen LogP contribution in [-0.4, -0.2) is 14.2 Å². The second-order valence-corrected chi connectivity index (χ2v) is 6.65. The normalized spacial score (nSPS) is 12.5. The summed E-state index contributed by atoms with van der Waals surface area (Å²) in [6, 6.07) is 2.50. The lowest BCUT2D eigenvalue weighted by molar-refractivity contribution is 0.392. The minimum atomic E-state index is 0.359. The van der Waals surface area contributed by atoms with Crippen molar-refractivity contribution in [2.75, 3.05) is 14.2 Å². The Bertz CT molecular complexity index is 445. The van der Waals surface area contributed by atoms with Crippen LogP contribution in [0.5, 0.6) is 5.75 Å². The number of ether oxygens (including phenoxy) is 1. The number of aryl methyl sites for hydroxylation is 1. The van der Waals surface area contributed by atoms with Gasteiger partial charge >= 0.3 is 0 Å². The van der Waals surface area contributed by atoms with Gasteiger partial charge in [0.25, 0.3) is 0 Å². The Morgan fingerprint density at radius 3 is 2.43 bits per heavy atom. The molecule has 2 nitrogen and oxygen atoms in total. The molecule has 0 amide bonds. The van der Waals surface area contributed by atoms with E-state index in [-0.39, 0.29) is 0 Å². The average molecular weight is 356 g/mol. The molecule has 1 aromatic carbocycles. The highest BCUT2D eigenvalue weighted by Crippen LogP contribution is 2.38. The van der Waals surface area contributed by atoms with Crippen LogP contribution in [0, 0.1) is 13.8 Å². The van der Waals surface area contributed by atoms with Crippen molar-refractivity contribution in [2.45, 2.75) is 65.3 Å². The largest absolute Gasteiger partial charge is 0.496 e. The first-order chi connectivity index (χ1) is 10.1. The number of methoxy groups -OCH3 is 1. The first-order valence-electron chi connectivity index (χ1n) is 8.07. The molecule has 0 aliphatic rings. The second-order valence-electron chi connectivity index (χ2n) is 5.79. The van der Waals surface area contributed by atoms with Crippen molar-refractivity contribution in [1.82, 2.24) is 5.32 Å². The molecule has 1 aromatic rings. The Kier molecular flexibility index (Phi) is 8.35. The number of rotatable bonds is 9. The fourth-order valence-electron chi connectivity index (χ4n) is 2.95. The fraction of sp³-hybridized carbons (Fsp3) is 0.667. The molecule has 0 aliphatic carbocycles. The van der Waals surface area contributed by atoms with E-state index in [0.29, 0.717) is 6.04 Å². The third-order valence-electron chi connectivity index (χ3n) is 4.21. The van der Waals surface area contributed by atoms with Crippen molar-refractivity contribution >= 4 is 15.9 Å². The smallest absolute Gasteiger partial charge is 0.126 e. The minimum Gasteiger partial charge on any atom is -0.496 e. The van der Waals surface area contributed by atoms with Crippen molar-refractivity contribution in [1.29, 1.82) is 0 Å². The maximum Gasteiger partial charge on any atom is 0.126 e. The molecule has 120 valence electrons. The van der Waals surface area contributed by atoms with E-state index in [9.17, 15) is 0 Å². The van der Waals surface area contributed by atoms with Crippen LogP contribution in [0.15, 0.2) is 10.5 Å². The van der Waals surface area contributed by atoms with E-state index in [1.807, 2.05) is 7.05 Å². The first kappa shape index (κ1) is 18.5. The van der Waals surface area contributed by atoms with Crippen LogP contribution in [0.25, 0.3) is 0 Å².